The molecule has 0 aliphatic heterocycles. The molecule has 0 saturated heterocycles. The number of benzene rings is 1. The smallest absolute Gasteiger partial charge is 0.342 e. The summed E-state index contributed by atoms with van der Waals surface area (Å²) in [4.78, 5) is 31.0. The molecule has 1 saturated carbocycles. The lowest BCUT2D eigenvalue weighted by atomic mass is 9.94. The Morgan fingerprint density at radius 2 is 1.87 bits per heavy atom. The van der Waals surface area contributed by atoms with E-state index in [1.54, 1.807) is 30.3 Å². The number of nitrogens with one attached hydrogen (secondary N) is 1. The van der Waals surface area contributed by atoms with Crippen LogP contribution < -0.4 is 10.1 Å². The van der Waals surface area contributed by atoms with E-state index in [4.69, 9.17) is 9.47 Å². The molecule has 1 aliphatic rings. The predicted octanol–water partition coefficient (Wildman–Crippen LogP) is 4.17. The molecule has 3 rings (SSSR count). The van der Waals surface area contributed by atoms with Crippen LogP contribution in [0.4, 0.5) is 11.5 Å². The standard InChI is InChI=1S/C23H29N3O4/c1-3-29-19-13-11-17(12-14-19)25-22-20(10-7-15-24-22)23(28)30-16-21(27)26(2)18-8-5-4-6-9-18/h7,10-15,18H,3-6,8-9,16H2,1-2H3,(H,24,25). The van der Waals surface area contributed by atoms with Gasteiger partial charge in [0.05, 0.1) is 6.61 Å². The maximum Gasteiger partial charge on any atom is 0.342 e. The largest absolute Gasteiger partial charge is 0.494 e. The van der Waals surface area contributed by atoms with Crippen LogP contribution in [0.1, 0.15) is 49.4 Å². The Kier molecular flexibility index (Phi) is 7.65. The molecule has 2 aromatic rings. The van der Waals surface area contributed by atoms with Crippen molar-refractivity contribution >= 4 is 23.4 Å². The summed E-state index contributed by atoms with van der Waals surface area (Å²) in [6, 6.07) is 10.9. The summed E-state index contributed by atoms with van der Waals surface area (Å²) in [7, 11) is 1.79. The summed E-state index contributed by atoms with van der Waals surface area (Å²) in [6.45, 7) is 2.25. The first-order valence-electron chi connectivity index (χ1n) is 10.5. The molecular formula is C23H29N3O4. The van der Waals surface area contributed by atoms with E-state index in [1.165, 1.54) is 6.42 Å². The van der Waals surface area contributed by atoms with Gasteiger partial charge in [0.25, 0.3) is 5.91 Å². The summed E-state index contributed by atoms with van der Waals surface area (Å²) >= 11 is 0. The third kappa shape index (κ3) is 5.72. The van der Waals surface area contributed by atoms with Gasteiger partial charge in [-0.15, -0.1) is 0 Å². The van der Waals surface area contributed by atoms with E-state index < -0.39 is 5.97 Å². The van der Waals surface area contributed by atoms with Gasteiger partial charge in [0, 0.05) is 25.0 Å². The second-order valence-electron chi connectivity index (χ2n) is 7.35. The number of carbonyl (C=O) groups is 2. The Labute approximate surface area is 177 Å². The van der Waals surface area contributed by atoms with Crippen molar-refractivity contribution in [1.29, 1.82) is 0 Å². The highest BCUT2D eigenvalue weighted by Gasteiger charge is 2.23. The molecule has 1 aromatic carbocycles. The number of nitrogens with zero attached hydrogens (tertiary/aromatic N) is 2. The minimum atomic E-state index is -0.582. The number of amides is 1. The molecule has 0 spiro atoms. The molecule has 1 heterocycles. The number of anilines is 2. The number of aromatic nitrogens is 1. The van der Waals surface area contributed by atoms with Crippen molar-refractivity contribution in [3.8, 4) is 5.75 Å². The Bertz CT molecular complexity index is 848. The lowest BCUT2D eigenvalue weighted by Crippen LogP contribution is -2.40. The topological polar surface area (TPSA) is 80.8 Å². The zero-order valence-electron chi connectivity index (χ0n) is 17.6. The van der Waals surface area contributed by atoms with Crippen LogP contribution in [0.2, 0.25) is 0 Å². The Morgan fingerprint density at radius 3 is 2.57 bits per heavy atom. The first kappa shape index (κ1) is 21.6. The summed E-state index contributed by atoms with van der Waals surface area (Å²) in [6.07, 6.45) is 7.11. The SMILES string of the molecule is CCOc1ccc(Nc2ncccc2C(=O)OCC(=O)N(C)C2CCCCC2)cc1. The van der Waals surface area contributed by atoms with Gasteiger partial charge in [-0.3, -0.25) is 4.79 Å². The molecule has 1 N–H and O–H groups in total. The normalized spacial score (nSPS) is 14.1. The number of pyridine rings is 1. The van der Waals surface area contributed by atoms with E-state index in [9.17, 15) is 9.59 Å². The maximum atomic E-state index is 12.6. The van der Waals surface area contributed by atoms with Gasteiger partial charge in [-0.1, -0.05) is 19.3 Å². The average Bonchev–Trinajstić information content (AvgIpc) is 2.79. The number of carbonyl (C=O) groups excluding carboxylic acids is 2. The van der Waals surface area contributed by atoms with Crippen LogP contribution in [0, 0.1) is 0 Å². The lowest BCUT2D eigenvalue weighted by Gasteiger charge is -2.31. The van der Waals surface area contributed by atoms with E-state index >= 15 is 0 Å². The molecule has 1 aliphatic carbocycles. The lowest BCUT2D eigenvalue weighted by molar-refractivity contribution is -0.135. The van der Waals surface area contributed by atoms with Gasteiger partial charge in [-0.05, 0) is 56.2 Å². The maximum absolute atomic E-state index is 12.6. The van der Waals surface area contributed by atoms with Gasteiger partial charge in [0.2, 0.25) is 0 Å². The van der Waals surface area contributed by atoms with Crippen LogP contribution >= 0.6 is 0 Å². The second kappa shape index (κ2) is 10.6. The molecule has 1 amide bonds. The fourth-order valence-corrected chi connectivity index (χ4v) is 3.59. The van der Waals surface area contributed by atoms with Crippen LogP contribution in [-0.2, 0) is 9.53 Å². The van der Waals surface area contributed by atoms with Gasteiger partial charge in [-0.25, -0.2) is 9.78 Å². The predicted molar refractivity (Wildman–Crippen MR) is 115 cm³/mol. The second-order valence-corrected chi connectivity index (χ2v) is 7.35. The third-order valence-corrected chi connectivity index (χ3v) is 5.30. The molecule has 7 heteroatoms. The van der Waals surface area contributed by atoms with Crippen LogP contribution in [0.5, 0.6) is 5.75 Å². The van der Waals surface area contributed by atoms with Gasteiger partial charge in [0.1, 0.15) is 17.1 Å². The number of hydrogen-bond donors (Lipinski definition) is 1. The van der Waals surface area contributed by atoms with Gasteiger partial charge >= 0.3 is 5.97 Å². The molecule has 0 radical (unpaired) electrons. The summed E-state index contributed by atoms with van der Waals surface area (Å²) in [5, 5.41) is 3.12. The van der Waals surface area contributed by atoms with Crippen molar-refractivity contribution < 1.29 is 19.1 Å². The van der Waals surface area contributed by atoms with Crippen molar-refractivity contribution in [3.05, 3.63) is 48.2 Å². The number of likely N-dealkylation sites (N-methyl/N-ethyl adjacent to an activating group) is 1. The van der Waals surface area contributed by atoms with Crippen molar-refractivity contribution in [2.75, 3.05) is 25.6 Å². The van der Waals surface area contributed by atoms with E-state index in [0.29, 0.717) is 12.4 Å². The molecule has 0 atom stereocenters. The highest BCUT2D eigenvalue weighted by Crippen LogP contribution is 2.23. The highest BCUT2D eigenvalue weighted by atomic mass is 16.5. The van der Waals surface area contributed by atoms with Gasteiger partial charge in [0.15, 0.2) is 6.61 Å². The number of esters is 1. The quantitative estimate of drug-likeness (QED) is 0.657. The molecule has 30 heavy (non-hydrogen) atoms. The first-order valence-corrected chi connectivity index (χ1v) is 10.5. The molecule has 160 valence electrons. The fourth-order valence-electron chi connectivity index (χ4n) is 3.59. The van der Waals surface area contributed by atoms with Crippen molar-refractivity contribution in [1.82, 2.24) is 9.88 Å². The first-order chi connectivity index (χ1) is 14.6. The molecule has 1 aromatic heterocycles. The molecule has 1 fully saturated rings. The minimum Gasteiger partial charge on any atom is -0.494 e. The van der Waals surface area contributed by atoms with E-state index in [-0.39, 0.29) is 24.1 Å². The summed E-state index contributed by atoms with van der Waals surface area (Å²) in [5.74, 6) is 0.381. The van der Waals surface area contributed by atoms with E-state index in [0.717, 1.165) is 37.1 Å². The summed E-state index contributed by atoms with van der Waals surface area (Å²) < 4.78 is 10.7. The fraction of sp³-hybridized carbons (Fsp3) is 0.435. The van der Waals surface area contributed by atoms with E-state index in [2.05, 4.69) is 10.3 Å². The van der Waals surface area contributed by atoms with Crippen LogP contribution in [0.25, 0.3) is 0 Å². The van der Waals surface area contributed by atoms with Gasteiger partial charge in [-0.2, -0.15) is 0 Å². The van der Waals surface area contributed by atoms with Crippen LogP contribution in [-0.4, -0.2) is 48.1 Å². The molecule has 0 bridgehead atoms. The van der Waals surface area contributed by atoms with Crippen molar-refractivity contribution in [2.24, 2.45) is 0 Å². The molecular weight excluding hydrogens is 382 g/mol. The zero-order chi connectivity index (χ0) is 21.3. The molecule has 7 nitrogen and oxygen atoms in total. The van der Waals surface area contributed by atoms with E-state index in [1.807, 2.05) is 31.2 Å². The Morgan fingerprint density at radius 1 is 1.13 bits per heavy atom. The molecule has 0 unspecified atom stereocenters. The number of hydrogen-bond acceptors (Lipinski definition) is 6. The van der Waals surface area contributed by atoms with Crippen molar-refractivity contribution in [3.63, 3.8) is 0 Å². The monoisotopic (exact) mass is 411 g/mol. The van der Waals surface area contributed by atoms with Gasteiger partial charge < -0.3 is 19.7 Å². The highest BCUT2D eigenvalue weighted by molar-refractivity contribution is 5.96. The Balaban J connectivity index is 1.60. The zero-order valence-corrected chi connectivity index (χ0v) is 17.6. The minimum absolute atomic E-state index is 0.180. The Hall–Kier alpha value is -3.09. The number of ether oxygens (including phenoxy) is 2. The van der Waals surface area contributed by atoms with Crippen molar-refractivity contribution in [2.45, 2.75) is 45.1 Å². The van der Waals surface area contributed by atoms with Crippen LogP contribution in [0.15, 0.2) is 42.6 Å². The van der Waals surface area contributed by atoms with Crippen LogP contribution in [0.3, 0.4) is 0 Å². The number of rotatable bonds is 8. The third-order valence-electron chi connectivity index (χ3n) is 5.30. The summed E-state index contributed by atoms with van der Waals surface area (Å²) in [5.41, 5.74) is 1.04. The average molecular weight is 412 g/mol.